The number of amides is 1. The van der Waals surface area contributed by atoms with E-state index in [1.54, 1.807) is 6.07 Å². The standard InChI is InChI=1S/C10H11ClN2O3/c1-2-7-3-6(4-8(11)13-7)10(16)12-5-9(14)15/h3-4H,2,5H2,1H3,(H,12,16)(H,14,15). The molecule has 0 radical (unpaired) electrons. The highest BCUT2D eigenvalue weighted by atomic mass is 35.5. The third kappa shape index (κ3) is 3.51. The quantitative estimate of drug-likeness (QED) is 0.776. The summed E-state index contributed by atoms with van der Waals surface area (Å²) in [7, 11) is 0. The van der Waals surface area contributed by atoms with Gasteiger partial charge in [0.1, 0.15) is 11.7 Å². The molecule has 1 aromatic rings. The van der Waals surface area contributed by atoms with Gasteiger partial charge < -0.3 is 10.4 Å². The Morgan fingerprint density at radius 1 is 1.50 bits per heavy atom. The van der Waals surface area contributed by atoms with Gasteiger partial charge in [-0.1, -0.05) is 18.5 Å². The van der Waals surface area contributed by atoms with Crippen LogP contribution in [0.4, 0.5) is 0 Å². The van der Waals surface area contributed by atoms with Crippen LogP contribution in [0.15, 0.2) is 12.1 Å². The van der Waals surface area contributed by atoms with Crippen LogP contribution in [0.5, 0.6) is 0 Å². The second kappa shape index (κ2) is 5.46. The van der Waals surface area contributed by atoms with Crippen molar-refractivity contribution in [2.45, 2.75) is 13.3 Å². The van der Waals surface area contributed by atoms with Gasteiger partial charge in [0, 0.05) is 11.3 Å². The number of hydrogen-bond donors (Lipinski definition) is 2. The van der Waals surface area contributed by atoms with E-state index in [9.17, 15) is 9.59 Å². The van der Waals surface area contributed by atoms with Crippen molar-refractivity contribution in [1.82, 2.24) is 10.3 Å². The SMILES string of the molecule is CCc1cc(C(=O)NCC(=O)O)cc(Cl)n1. The first-order chi connectivity index (χ1) is 7.52. The summed E-state index contributed by atoms with van der Waals surface area (Å²) in [6.45, 7) is 1.47. The molecule has 0 aromatic carbocycles. The summed E-state index contributed by atoms with van der Waals surface area (Å²) in [5.41, 5.74) is 1.01. The molecule has 0 unspecified atom stereocenters. The number of carbonyl (C=O) groups is 2. The zero-order valence-corrected chi connectivity index (χ0v) is 9.41. The zero-order valence-electron chi connectivity index (χ0n) is 8.66. The second-order valence-electron chi connectivity index (χ2n) is 3.10. The summed E-state index contributed by atoms with van der Waals surface area (Å²) < 4.78 is 0. The van der Waals surface area contributed by atoms with Crippen LogP contribution in [0, 0.1) is 0 Å². The van der Waals surface area contributed by atoms with Crippen molar-refractivity contribution in [2.24, 2.45) is 0 Å². The molecule has 1 heterocycles. The van der Waals surface area contributed by atoms with Crippen molar-refractivity contribution in [3.05, 3.63) is 28.5 Å². The fourth-order valence-corrected chi connectivity index (χ4v) is 1.35. The average molecular weight is 243 g/mol. The minimum Gasteiger partial charge on any atom is -0.480 e. The number of carboxylic acid groups (broad SMARTS) is 1. The largest absolute Gasteiger partial charge is 0.480 e. The maximum absolute atomic E-state index is 11.5. The number of aliphatic carboxylic acids is 1. The number of rotatable bonds is 4. The molecule has 5 nitrogen and oxygen atoms in total. The van der Waals surface area contributed by atoms with E-state index in [0.717, 1.165) is 0 Å². The molecule has 0 aliphatic rings. The van der Waals surface area contributed by atoms with Crippen LogP contribution in [-0.2, 0) is 11.2 Å². The van der Waals surface area contributed by atoms with Crippen LogP contribution in [0.2, 0.25) is 5.15 Å². The third-order valence-corrected chi connectivity index (χ3v) is 2.07. The highest BCUT2D eigenvalue weighted by Gasteiger charge is 2.09. The fourth-order valence-electron chi connectivity index (χ4n) is 1.12. The van der Waals surface area contributed by atoms with Gasteiger partial charge in [0.05, 0.1) is 0 Å². The number of nitrogens with zero attached hydrogens (tertiary/aromatic N) is 1. The molecule has 0 saturated carbocycles. The van der Waals surface area contributed by atoms with Crippen LogP contribution in [-0.4, -0.2) is 28.5 Å². The molecule has 16 heavy (non-hydrogen) atoms. The smallest absolute Gasteiger partial charge is 0.322 e. The Kier molecular flexibility index (Phi) is 4.25. The summed E-state index contributed by atoms with van der Waals surface area (Å²) >= 11 is 5.73. The average Bonchev–Trinajstić information content (AvgIpc) is 2.24. The molecule has 6 heteroatoms. The third-order valence-electron chi connectivity index (χ3n) is 1.87. The fraction of sp³-hybridized carbons (Fsp3) is 0.300. The number of pyridine rings is 1. The first-order valence-electron chi connectivity index (χ1n) is 4.69. The number of carboxylic acids is 1. The first kappa shape index (κ1) is 12.4. The van der Waals surface area contributed by atoms with Crippen LogP contribution in [0.25, 0.3) is 0 Å². The Bertz CT molecular complexity index is 421. The molecular formula is C10H11ClN2O3. The maximum Gasteiger partial charge on any atom is 0.322 e. The summed E-state index contributed by atoms with van der Waals surface area (Å²) in [6.07, 6.45) is 0.653. The van der Waals surface area contributed by atoms with E-state index in [4.69, 9.17) is 16.7 Å². The van der Waals surface area contributed by atoms with E-state index in [1.807, 2.05) is 6.92 Å². The van der Waals surface area contributed by atoms with Gasteiger partial charge in [-0.3, -0.25) is 9.59 Å². The Morgan fingerprint density at radius 3 is 2.75 bits per heavy atom. The molecule has 1 amide bonds. The van der Waals surface area contributed by atoms with Crippen molar-refractivity contribution in [3.63, 3.8) is 0 Å². The number of carbonyl (C=O) groups excluding carboxylic acids is 1. The summed E-state index contributed by atoms with van der Waals surface area (Å²) in [5.74, 6) is -1.56. The van der Waals surface area contributed by atoms with Crippen molar-refractivity contribution in [2.75, 3.05) is 6.54 Å². The highest BCUT2D eigenvalue weighted by molar-refractivity contribution is 6.29. The molecular weight excluding hydrogens is 232 g/mol. The van der Waals surface area contributed by atoms with Crippen LogP contribution in [0.1, 0.15) is 23.0 Å². The van der Waals surface area contributed by atoms with Crippen LogP contribution < -0.4 is 5.32 Å². The van der Waals surface area contributed by atoms with Crippen LogP contribution in [0.3, 0.4) is 0 Å². The van der Waals surface area contributed by atoms with E-state index in [1.165, 1.54) is 6.07 Å². The van der Waals surface area contributed by atoms with E-state index in [2.05, 4.69) is 10.3 Å². The van der Waals surface area contributed by atoms with E-state index in [-0.39, 0.29) is 5.15 Å². The van der Waals surface area contributed by atoms with Crippen molar-refractivity contribution >= 4 is 23.5 Å². The predicted octanol–water partition coefficient (Wildman–Crippen LogP) is 1.11. The molecule has 0 spiro atoms. The number of aromatic nitrogens is 1. The van der Waals surface area contributed by atoms with Gasteiger partial charge in [0.2, 0.25) is 0 Å². The van der Waals surface area contributed by atoms with Crippen molar-refractivity contribution < 1.29 is 14.7 Å². The molecule has 0 aliphatic carbocycles. The van der Waals surface area contributed by atoms with E-state index in [0.29, 0.717) is 17.7 Å². The lowest BCUT2D eigenvalue weighted by atomic mass is 10.2. The Balaban J connectivity index is 2.82. The van der Waals surface area contributed by atoms with E-state index < -0.39 is 18.4 Å². The summed E-state index contributed by atoms with van der Waals surface area (Å²) in [5, 5.41) is 10.9. The predicted molar refractivity (Wildman–Crippen MR) is 58.6 cm³/mol. The van der Waals surface area contributed by atoms with Crippen LogP contribution >= 0.6 is 11.6 Å². The second-order valence-corrected chi connectivity index (χ2v) is 3.49. The first-order valence-corrected chi connectivity index (χ1v) is 5.07. The molecule has 1 aromatic heterocycles. The molecule has 0 atom stereocenters. The van der Waals surface area contributed by atoms with Crippen molar-refractivity contribution in [1.29, 1.82) is 0 Å². The molecule has 86 valence electrons. The lowest BCUT2D eigenvalue weighted by Gasteiger charge is -2.04. The molecule has 2 N–H and O–H groups in total. The van der Waals surface area contributed by atoms with Gasteiger partial charge in [0.15, 0.2) is 0 Å². The summed E-state index contributed by atoms with van der Waals surface area (Å²) in [4.78, 5) is 25.8. The van der Waals surface area contributed by atoms with Gasteiger partial charge >= 0.3 is 5.97 Å². The molecule has 0 fully saturated rings. The Labute approximate surface area is 97.4 Å². The minimum atomic E-state index is -1.09. The van der Waals surface area contributed by atoms with Gasteiger partial charge in [0.25, 0.3) is 5.91 Å². The lowest BCUT2D eigenvalue weighted by molar-refractivity contribution is -0.135. The zero-order chi connectivity index (χ0) is 12.1. The van der Waals surface area contributed by atoms with Gasteiger partial charge in [-0.2, -0.15) is 0 Å². The van der Waals surface area contributed by atoms with Gasteiger partial charge in [-0.15, -0.1) is 0 Å². The molecule has 0 bridgehead atoms. The minimum absolute atomic E-state index is 0.222. The van der Waals surface area contributed by atoms with Crippen molar-refractivity contribution in [3.8, 4) is 0 Å². The lowest BCUT2D eigenvalue weighted by Crippen LogP contribution is -2.29. The van der Waals surface area contributed by atoms with Gasteiger partial charge in [-0.05, 0) is 18.6 Å². The molecule has 1 rings (SSSR count). The molecule has 0 aliphatic heterocycles. The summed E-state index contributed by atoms with van der Waals surface area (Å²) in [6, 6.07) is 2.99. The molecule has 0 saturated heterocycles. The number of halogens is 1. The Morgan fingerprint density at radius 2 is 2.19 bits per heavy atom. The number of aryl methyl sites for hydroxylation is 1. The Hall–Kier alpha value is -1.62. The normalized spacial score (nSPS) is 9.88. The maximum atomic E-state index is 11.5. The van der Waals surface area contributed by atoms with Gasteiger partial charge in [-0.25, -0.2) is 4.98 Å². The highest BCUT2D eigenvalue weighted by Crippen LogP contribution is 2.11. The monoisotopic (exact) mass is 242 g/mol. The van der Waals surface area contributed by atoms with E-state index >= 15 is 0 Å². The topological polar surface area (TPSA) is 79.3 Å². The number of hydrogen-bond acceptors (Lipinski definition) is 3. The number of nitrogens with one attached hydrogen (secondary N) is 1.